The van der Waals surface area contributed by atoms with Crippen molar-refractivity contribution >= 4 is 12.2 Å². The SMILES string of the molecule is O=c1ccn(-c2ccc(F)c(F)c2F)c(=S)[nH]1. The topological polar surface area (TPSA) is 37.8 Å². The van der Waals surface area contributed by atoms with E-state index >= 15 is 0 Å². The highest BCUT2D eigenvalue weighted by Crippen LogP contribution is 2.18. The molecule has 0 amide bonds. The lowest BCUT2D eigenvalue weighted by Crippen LogP contribution is -2.11. The van der Waals surface area contributed by atoms with E-state index in [0.29, 0.717) is 0 Å². The summed E-state index contributed by atoms with van der Waals surface area (Å²) in [6.07, 6.45) is 1.18. The van der Waals surface area contributed by atoms with Gasteiger partial charge in [0.05, 0.1) is 5.69 Å². The van der Waals surface area contributed by atoms with Gasteiger partial charge in [-0.1, -0.05) is 0 Å². The fraction of sp³-hybridized carbons (Fsp3) is 0. The maximum Gasteiger partial charge on any atom is 0.251 e. The second-order valence-electron chi connectivity index (χ2n) is 3.17. The average molecular weight is 258 g/mol. The summed E-state index contributed by atoms with van der Waals surface area (Å²) in [6, 6.07) is 2.90. The molecule has 7 heteroatoms. The van der Waals surface area contributed by atoms with Gasteiger partial charge in [-0.05, 0) is 24.4 Å². The number of benzene rings is 1. The van der Waals surface area contributed by atoms with Gasteiger partial charge in [0.15, 0.2) is 22.2 Å². The first-order valence-electron chi connectivity index (χ1n) is 4.46. The standard InChI is InChI=1S/C10H5F3N2OS/c11-5-1-2-6(9(13)8(5)12)15-4-3-7(16)14-10(15)17/h1-4H,(H,14,16,17). The molecule has 1 aromatic carbocycles. The summed E-state index contributed by atoms with van der Waals surface area (Å²) in [5, 5.41) is 0. The summed E-state index contributed by atoms with van der Waals surface area (Å²) in [5.74, 6) is -4.24. The normalized spacial score (nSPS) is 10.5. The maximum atomic E-state index is 13.5. The van der Waals surface area contributed by atoms with Crippen LogP contribution >= 0.6 is 12.2 Å². The Balaban J connectivity index is 2.74. The Morgan fingerprint density at radius 2 is 1.82 bits per heavy atom. The molecule has 0 unspecified atom stereocenters. The molecule has 0 aliphatic heterocycles. The van der Waals surface area contributed by atoms with Crippen LogP contribution in [0.1, 0.15) is 0 Å². The van der Waals surface area contributed by atoms with Crippen LogP contribution in [0, 0.1) is 22.2 Å². The van der Waals surface area contributed by atoms with Crippen molar-refractivity contribution in [3.8, 4) is 5.69 Å². The Morgan fingerprint density at radius 3 is 2.47 bits per heavy atom. The van der Waals surface area contributed by atoms with E-state index in [1.54, 1.807) is 0 Å². The van der Waals surface area contributed by atoms with Crippen molar-refractivity contribution in [1.82, 2.24) is 9.55 Å². The fourth-order valence-electron chi connectivity index (χ4n) is 1.31. The molecule has 0 aliphatic rings. The van der Waals surface area contributed by atoms with Gasteiger partial charge in [0.1, 0.15) is 0 Å². The Hall–Kier alpha value is -1.89. The summed E-state index contributed by atoms with van der Waals surface area (Å²) in [4.78, 5) is 13.2. The highest BCUT2D eigenvalue weighted by atomic mass is 32.1. The summed E-state index contributed by atoms with van der Waals surface area (Å²) < 4.78 is 40.1. The van der Waals surface area contributed by atoms with Crippen molar-refractivity contribution < 1.29 is 13.2 Å². The van der Waals surface area contributed by atoms with Crippen LogP contribution in [0.3, 0.4) is 0 Å². The lowest BCUT2D eigenvalue weighted by Gasteiger charge is -2.07. The zero-order chi connectivity index (χ0) is 12.6. The average Bonchev–Trinajstić information content (AvgIpc) is 2.28. The summed E-state index contributed by atoms with van der Waals surface area (Å²) in [6.45, 7) is 0. The van der Waals surface area contributed by atoms with E-state index in [1.807, 2.05) is 0 Å². The van der Waals surface area contributed by atoms with E-state index in [4.69, 9.17) is 12.2 Å². The van der Waals surface area contributed by atoms with Gasteiger partial charge >= 0.3 is 0 Å². The van der Waals surface area contributed by atoms with Gasteiger partial charge in [0.2, 0.25) is 0 Å². The maximum absolute atomic E-state index is 13.5. The van der Waals surface area contributed by atoms with Crippen LogP contribution in [0.15, 0.2) is 29.2 Å². The van der Waals surface area contributed by atoms with Crippen LogP contribution in [0.4, 0.5) is 13.2 Å². The van der Waals surface area contributed by atoms with E-state index in [1.165, 1.54) is 6.20 Å². The van der Waals surface area contributed by atoms with Gasteiger partial charge in [-0.15, -0.1) is 0 Å². The zero-order valence-electron chi connectivity index (χ0n) is 8.21. The molecule has 88 valence electrons. The third kappa shape index (κ3) is 2.01. The van der Waals surface area contributed by atoms with Gasteiger partial charge < -0.3 is 0 Å². The first-order chi connectivity index (χ1) is 8.00. The molecule has 0 atom stereocenters. The summed E-state index contributed by atoms with van der Waals surface area (Å²) in [7, 11) is 0. The predicted octanol–water partition coefficient (Wildman–Crippen LogP) is 2.31. The quantitative estimate of drug-likeness (QED) is 0.629. The van der Waals surface area contributed by atoms with E-state index in [0.717, 1.165) is 22.8 Å². The monoisotopic (exact) mass is 258 g/mol. The Bertz CT molecular complexity index is 693. The van der Waals surface area contributed by atoms with Crippen LogP contribution in [0.25, 0.3) is 5.69 Å². The van der Waals surface area contributed by atoms with Crippen molar-refractivity contribution in [2.24, 2.45) is 0 Å². The number of aromatic nitrogens is 2. The molecule has 2 rings (SSSR count). The van der Waals surface area contributed by atoms with E-state index < -0.39 is 23.0 Å². The fourth-order valence-corrected chi connectivity index (χ4v) is 1.57. The number of halogens is 3. The largest absolute Gasteiger partial charge is 0.299 e. The summed E-state index contributed by atoms with van der Waals surface area (Å²) in [5.41, 5.74) is -0.737. The molecule has 1 aromatic heterocycles. The molecule has 0 aliphatic carbocycles. The second-order valence-corrected chi connectivity index (χ2v) is 3.56. The number of hydrogen-bond acceptors (Lipinski definition) is 2. The third-order valence-corrected chi connectivity index (χ3v) is 2.40. The third-order valence-electron chi connectivity index (χ3n) is 2.10. The number of rotatable bonds is 1. The van der Waals surface area contributed by atoms with E-state index in [2.05, 4.69) is 4.98 Å². The van der Waals surface area contributed by atoms with Gasteiger partial charge in [0.25, 0.3) is 5.56 Å². The number of hydrogen-bond donors (Lipinski definition) is 1. The summed E-state index contributed by atoms with van der Waals surface area (Å²) >= 11 is 4.78. The molecule has 3 nitrogen and oxygen atoms in total. The van der Waals surface area contributed by atoms with Crippen LogP contribution < -0.4 is 5.56 Å². The number of aromatic amines is 1. The lowest BCUT2D eigenvalue weighted by molar-refractivity contribution is 0.444. The Kier molecular flexibility index (Phi) is 2.84. The molecule has 0 spiro atoms. The number of H-pyrrole nitrogens is 1. The predicted molar refractivity (Wildman–Crippen MR) is 57.1 cm³/mol. The molecular formula is C10H5F3N2OS. The van der Waals surface area contributed by atoms with E-state index in [9.17, 15) is 18.0 Å². The Morgan fingerprint density at radius 1 is 1.12 bits per heavy atom. The minimum atomic E-state index is -1.59. The molecule has 0 saturated heterocycles. The van der Waals surface area contributed by atoms with Crippen molar-refractivity contribution in [3.63, 3.8) is 0 Å². The first kappa shape index (κ1) is 11.6. The molecule has 1 heterocycles. The smallest absolute Gasteiger partial charge is 0.251 e. The van der Waals surface area contributed by atoms with E-state index in [-0.39, 0.29) is 10.5 Å². The lowest BCUT2D eigenvalue weighted by atomic mass is 10.3. The molecule has 2 aromatic rings. The van der Waals surface area contributed by atoms with Crippen LogP contribution in [0.2, 0.25) is 0 Å². The van der Waals surface area contributed by atoms with Crippen molar-refractivity contribution in [1.29, 1.82) is 0 Å². The van der Waals surface area contributed by atoms with Crippen LogP contribution in [-0.4, -0.2) is 9.55 Å². The minimum Gasteiger partial charge on any atom is -0.299 e. The van der Waals surface area contributed by atoms with Crippen molar-refractivity contribution in [2.75, 3.05) is 0 Å². The van der Waals surface area contributed by atoms with Crippen molar-refractivity contribution in [2.45, 2.75) is 0 Å². The minimum absolute atomic E-state index is 0.109. The zero-order valence-corrected chi connectivity index (χ0v) is 9.02. The Labute approximate surface area is 98.2 Å². The molecular weight excluding hydrogens is 253 g/mol. The second kappa shape index (κ2) is 4.17. The molecule has 0 radical (unpaired) electrons. The van der Waals surface area contributed by atoms with Gasteiger partial charge in [-0.3, -0.25) is 14.3 Å². The van der Waals surface area contributed by atoms with Crippen molar-refractivity contribution in [3.05, 3.63) is 57.0 Å². The van der Waals surface area contributed by atoms with Gasteiger partial charge in [-0.25, -0.2) is 13.2 Å². The first-order valence-corrected chi connectivity index (χ1v) is 4.87. The molecule has 17 heavy (non-hydrogen) atoms. The number of nitrogens with zero attached hydrogens (tertiary/aromatic N) is 1. The number of nitrogens with one attached hydrogen (secondary N) is 1. The molecule has 0 fully saturated rings. The van der Waals surface area contributed by atoms with Gasteiger partial charge in [-0.2, -0.15) is 0 Å². The van der Waals surface area contributed by atoms with Crippen LogP contribution in [0.5, 0.6) is 0 Å². The molecule has 0 bridgehead atoms. The highest BCUT2D eigenvalue weighted by Gasteiger charge is 2.14. The highest BCUT2D eigenvalue weighted by molar-refractivity contribution is 7.71. The van der Waals surface area contributed by atoms with Crippen LogP contribution in [-0.2, 0) is 0 Å². The van der Waals surface area contributed by atoms with Gasteiger partial charge in [0, 0.05) is 12.3 Å². The molecule has 1 N–H and O–H groups in total. The molecule has 0 saturated carbocycles.